The van der Waals surface area contributed by atoms with Gasteiger partial charge >= 0.3 is 11.9 Å². The van der Waals surface area contributed by atoms with Crippen molar-refractivity contribution in [3.05, 3.63) is 125 Å². The van der Waals surface area contributed by atoms with Crippen LogP contribution in [0, 0.1) is 13.8 Å². The van der Waals surface area contributed by atoms with Crippen LogP contribution in [0.25, 0.3) is 0 Å². The number of carbonyl (C=O) groups excluding carboxylic acids is 2. The van der Waals surface area contributed by atoms with Crippen molar-refractivity contribution in [1.29, 1.82) is 0 Å². The average Bonchev–Trinajstić information content (AvgIpc) is 3.21. The minimum Gasteiger partial charge on any atom is -0.460 e. The highest BCUT2D eigenvalue weighted by Gasteiger charge is 2.44. The predicted molar refractivity (Wildman–Crippen MR) is 165 cm³/mol. The van der Waals surface area contributed by atoms with E-state index < -0.39 is 34.6 Å². The molecule has 0 N–H and O–H groups in total. The molecule has 220 valence electrons. The Labute approximate surface area is 249 Å². The molecule has 0 aliphatic carbocycles. The van der Waals surface area contributed by atoms with E-state index >= 15 is 0 Å². The summed E-state index contributed by atoms with van der Waals surface area (Å²) in [6.45, 7) is 14.8. The van der Waals surface area contributed by atoms with Crippen molar-refractivity contribution in [2.45, 2.75) is 84.5 Å². The summed E-state index contributed by atoms with van der Waals surface area (Å²) in [5, 5.41) is 0. The Morgan fingerprint density at radius 3 is 1.48 bits per heavy atom. The molecule has 0 saturated carbocycles. The summed E-state index contributed by atoms with van der Waals surface area (Å²) < 4.78 is 13.7. The zero-order chi connectivity index (χ0) is 30.7. The van der Waals surface area contributed by atoms with Gasteiger partial charge in [-0.1, -0.05) is 91.0 Å². The number of benzene rings is 3. The Morgan fingerprint density at radius 1 is 0.690 bits per heavy atom. The van der Waals surface area contributed by atoms with Crippen LogP contribution in [-0.4, -0.2) is 32.7 Å². The van der Waals surface area contributed by atoms with Gasteiger partial charge in [-0.3, -0.25) is 9.59 Å². The standard InChI is InChI=1S/C36H42N2O4/c1-25-26(2)38(32(37-25)30(33(40)42-35(6,7)8)24-31(39)41-34(3,4)5)36(27-18-12-9-13-19-27,28-20-14-10-15-21-28)29-22-16-11-17-23-29/h9-23,30H,24H2,1-8H3. The molecule has 6 heteroatoms. The summed E-state index contributed by atoms with van der Waals surface area (Å²) in [4.78, 5) is 32.3. The van der Waals surface area contributed by atoms with E-state index in [0.717, 1.165) is 28.1 Å². The normalized spacial score (nSPS) is 13.0. The predicted octanol–water partition coefficient (Wildman–Crippen LogP) is 7.50. The molecular formula is C36H42N2O4. The molecule has 1 heterocycles. The van der Waals surface area contributed by atoms with Gasteiger partial charge in [-0.25, -0.2) is 4.98 Å². The van der Waals surface area contributed by atoms with Crippen molar-refractivity contribution < 1.29 is 19.1 Å². The van der Waals surface area contributed by atoms with Gasteiger partial charge in [-0.2, -0.15) is 0 Å². The molecule has 0 radical (unpaired) electrons. The summed E-state index contributed by atoms with van der Waals surface area (Å²) in [7, 11) is 0. The van der Waals surface area contributed by atoms with Crippen molar-refractivity contribution in [3.63, 3.8) is 0 Å². The lowest BCUT2D eigenvalue weighted by atomic mass is 9.76. The van der Waals surface area contributed by atoms with Crippen LogP contribution in [0.15, 0.2) is 91.0 Å². The first kappa shape index (κ1) is 30.8. The molecule has 0 saturated heterocycles. The zero-order valence-corrected chi connectivity index (χ0v) is 26.0. The summed E-state index contributed by atoms with van der Waals surface area (Å²) in [6.07, 6.45) is -0.212. The maximum Gasteiger partial charge on any atom is 0.317 e. The summed E-state index contributed by atoms with van der Waals surface area (Å²) >= 11 is 0. The summed E-state index contributed by atoms with van der Waals surface area (Å²) in [6, 6.07) is 30.6. The lowest BCUT2D eigenvalue weighted by Crippen LogP contribution is -2.41. The molecular weight excluding hydrogens is 524 g/mol. The second kappa shape index (κ2) is 12.0. The van der Waals surface area contributed by atoms with Crippen molar-refractivity contribution >= 4 is 11.9 Å². The smallest absolute Gasteiger partial charge is 0.317 e. The van der Waals surface area contributed by atoms with Crippen LogP contribution in [-0.2, 0) is 24.6 Å². The van der Waals surface area contributed by atoms with Gasteiger partial charge in [0.15, 0.2) is 0 Å². The number of hydrogen-bond acceptors (Lipinski definition) is 5. The maximum absolute atomic E-state index is 14.0. The molecule has 6 nitrogen and oxygen atoms in total. The Morgan fingerprint density at radius 2 is 1.10 bits per heavy atom. The van der Waals surface area contributed by atoms with E-state index in [2.05, 4.69) is 41.0 Å². The van der Waals surface area contributed by atoms with Gasteiger partial charge in [0.2, 0.25) is 0 Å². The van der Waals surface area contributed by atoms with E-state index in [1.807, 2.05) is 110 Å². The quantitative estimate of drug-likeness (QED) is 0.163. The number of rotatable bonds is 8. The van der Waals surface area contributed by atoms with E-state index in [0.29, 0.717) is 5.82 Å². The largest absolute Gasteiger partial charge is 0.460 e. The lowest BCUT2D eigenvalue weighted by Gasteiger charge is -2.40. The highest BCUT2D eigenvalue weighted by molar-refractivity contribution is 5.84. The molecule has 3 aromatic carbocycles. The monoisotopic (exact) mass is 566 g/mol. The third-order valence-corrected chi connectivity index (χ3v) is 7.07. The number of carbonyl (C=O) groups is 2. The number of nitrogens with zero attached hydrogens (tertiary/aromatic N) is 2. The van der Waals surface area contributed by atoms with Crippen LogP contribution in [0.5, 0.6) is 0 Å². The SMILES string of the molecule is Cc1nc(C(CC(=O)OC(C)(C)C)C(=O)OC(C)(C)C)n(C(c2ccccc2)(c2ccccc2)c2ccccc2)c1C. The van der Waals surface area contributed by atoms with Crippen LogP contribution in [0.1, 0.15) is 87.8 Å². The second-order valence-corrected chi connectivity index (χ2v) is 12.7. The third kappa shape index (κ3) is 6.48. The van der Waals surface area contributed by atoms with Gasteiger partial charge < -0.3 is 14.0 Å². The van der Waals surface area contributed by atoms with E-state index in [9.17, 15) is 9.59 Å². The molecule has 1 atom stereocenters. The molecule has 0 amide bonds. The van der Waals surface area contributed by atoms with Gasteiger partial charge in [0.25, 0.3) is 0 Å². The number of imidazole rings is 1. The van der Waals surface area contributed by atoms with Gasteiger partial charge in [0.05, 0.1) is 12.1 Å². The Hall–Kier alpha value is -4.19. The number of aryl methyl sites for hydroxylation is 1. The van der Waals surface area contributed by atoms with E-state index in [1.54, 1.807) is 0 Å². The van der Waals surface area contributed by atoms with E-state index in [1.165, 1.54) is 0 Å². The first-order valence-electron chi connectivity index (χ1n) is 14.4. The van der Waals surface area contributed by atoms with Gasteiger partial charge in [0.1, 0.15) is 28.5 Å². The van der Waals surface area contributed by atoms with Crippen LogP contribution >= 0.6 is 0 Å². The van der Waals surface area contributed by atoms with Crippen molar-refractivity contribution in [2.24, 2.45) is 0 Å². The number of aromatic nitrogens is 2. The molecule has 0 aliphatic rings. The fourth-order valence-electron chi connectivity index (χ4n) is 5.42. The average molecular weight is 567 g/mol. The van der Waals surface area contributed by atoms with Crippen LogP contribution in [0.4, 0.5) is 0 Å². The van der Waals surface area contributed by atoms with E-state index in [4.69, 9.17) is 14.5 Å². The minimum atomic E-state index is -1.01. The summed E-state index contributed by atoms with van der Waals surface area (Å²) in [5.41, 5.74) is 2.21. The zero-order valence-electron chi connectivity index (χ0n) is 26.0. The summed E-state index contributed by atoms with van der Waals surface area (Å²) in [5.74, 6) is -1.58. The van der Waals surface area contributed by atoms with Gasteiger partial charge in [-0.05, 0) is 72.1 Å². The fraction of sp³-hybridized carbons (Fsp3) is 0.361. The molecule has 0 bridgehead atoms. The van der Waals surface area contributed by atoms with E-state index in [-0.39, 0.29) is 6.42 Å². The van der Waals surface area contributed by atoms with Gasteiger partial charge in [0, 0.05) is 5.69 Å². The first-order chi connectivity index (χ1) is 19.7. The third-order valence-electron chi connectivity index (χ3n) is 7.07. The van der Waals surface area contributed by atoms with Crippen LogP contribution in [0.2, 0.25) is 0 Å². The Balaban J connectivity index is 2.10. The molecule has 1 aromatic heterocycles. The maximum atomic E-state index is 14.0. The van der Waals surface area contributed by atoms with Crippen LogP contribution in [0.3, 0.4) is 0 Å². The number of esters is 2. The first-order valence-corrected chi connectivity index (χ1v) is 14.4. The topological polar surface area (TPSA) is 70.4 Å². The highest BCUT2D eigenvalue weighted by Crippen LogP contribution is 2.44. The van der Waals surface area contributed by atoms with Crippen molar-refractivity contribution in [3.8, 4) is 0 Å². The molecule has 0 spiro atoms. The Bertz CT molecular complexity index is 1420. The molecule has 0 aliphatic heterocycles. The Kier molecular flexibility index (Phi) is 8.76. The number of hydrogen-bond donors (Lipinski definition) is 0. The van der Waals surface area contributed by atoms with Crippen molar-refractivity contribution in [1.82, 2.24) is 9.55 Å². The minimum absolute atomic E-state index is 0.212. The fourth-order valence-corrected chi connectivity index (χ4v) is 5.42. The number of ether oxygens (including phenoxy) is 2. The molecule has 42 heavy (non-hydrogen) atoms. The molecule has 4 aromatic rings. The van der Waals surface area contributed by atoms with Crippen LogP contribution < -0.4 is 0 Å². The lowest BCUT2D eigenvalue weighted by molar-refractivity contribution is -0.164. The molecule has 4 rings (SSSR count). The second-order valence-electron chi connectivity index (χ2n) is 12.7. The van der Waals surface area contributed by atoms with Crippen molar-refractivity contribution in [2.75, 3.05) is 0 Å². The molecule has 1 unspecified atom stereocenters. The highest BCUT2D eigenvalue weighted by atomic mass is 16.6. The van der Waals surface area contributed by atoms with Gasteiger partial charge in [-0.15, -0.1) is 0 Å². The molecule has 0 fully saturated rings.